The molecule has 0 saturated carbocycles. The molecule has 4 heteroatoms. The van der Waals surface area contributed by atoms with Gasteiger partial charge in [-0.1, -0.05) is 45.7 Å². The molecule has 0 heterocycles. The molecular weight excluding hydrogens is 341 g/mol. The summed E-state index contributed by atoms with van der Waals surface area (Å²) in [5.41, 5.74) is 3.14. The molecule has 0 radical (unpaired) electrons. The zero-order chi connectivity index (χ0) is 14.7. The van der Waals surface area contributed by atoms with E-state index in [4.69, 9.17) is 11.6 Å². The lowest BCUT2D eigenvalue weighted by molar-refractivity contribution is 0.584. The van der Waals surface area contributed by atoms with Gasteiger partial charge < -0.3 is 5.32 Å². The summed E-state index contributed by atoms with van der Waals surface area (Å²) in [6.45, 7) is 2.05. The third-order valence-corrected chi connectivity index (χ3v) is 4.15. The zero-order valence-electron chi connectivity index (χ0n) is 11.4. The van der Waals surface area contributed by atoms with Gasteiger partial charge in [0.1, 0.15) is 5.82 Å². The maximum Gasteiger partial charge on any atom is 0.142 e. The van der Waals surface area contributed by atoms with Crippen LogP contribution in [0.3, 0.4) is 0 Å². The van der Waals surface area contributed by atoms with Crippen molar-refractivity contribution in [1.29, 1.82) is 0 Å². The topological polar surface area (TPSA) is 12.0 Å². The van der Waals surface area contributed by atoms with Crippen LogP contribution in [0.1, 0.15) is 22.7 Å². The second-order valence-electron chi connectivity index (χ2n) is 4.82. The minimum atomic E-state index is -0.371. The van der Waals surface area contributed by atoms with Gasteiger partial charge in [-0.25, -0.2) is 4.39 Å². The van der Waals surface area contributed by atoms with E-state index < -0.39 is 0 Å². The Morgan fingerprint density at radius 3 is 2.70 bits per heavy atom. The molecule has 0 aromatic heterocycles. The van der Waals surface area contributed by atoms with Gasteiger partial charge in [-0.2, -0.15) is 0 Å². The normalized spacial score (nSPS) is 12.4. The predicted octanol–water partition coefficient (Wildman–Crippen LogP) is 5.05. The maximum atomic E-state index is 13.5. The van der Waals surface area contributed by atoms with Crippen molar-refractivity contribution in [1.82, 2.24) is 5.32 Å². The van der Waals surface area contributed by atoms with Crippen molar-refractivity contribution in [2.24, 2.45) is 0 Å². The van der Waals surface area contributed by atoms with Crippen LogP contribution < -0.4 is 5.32 Å². The van der Waals surface area contributed by atoms with E-state index in [1.807, 2.05) is 13.1 Å². The molecule has 2 rings (SSSR count). The number of nitrogens with one attached hydrogen (secondary N) is 1. The van der Waals surface area contributed by atoms with Crippen LogP contribution in [0.2, 0.25) is 5.02 Å². The summed E-state index contributed by atoms with van der Waals surface area (Å²) < 4.78 is 14.5. The molecule has 1 nitrogen and oxygen atoms in total. The highest BCUT2D eigenvalue weighted by molar-refractivity contribution is 9.10. The third kappa shape index (κ3) is 3.60. The monoisotopic (exact) mass is 355 g/mol. The molecule has 0 spiro atoms. The molecule has 0 amide bonds. The van der Waals surface area contributed by atoms with E-state index in [0.29, 0.717) is 6.42 Å². The van der Waals surface area contributed by atoms with Crippen LogP contribution in [0.5, 0.6) is 0 Å². The number of hydrogen-bond donors (Lipinski definition) is 1. The van der Waals surface area contributed by atoms with Crippen LogP contribution in [0, 0.1) is 12.7 Å². The van der Waals surface area contributed by atoms with Crippen molar-refractivity contribution >= 4 is 27.5 Å². The van der Waals surface area contributed by atoms with Gasteiger partial charge >= 0.3 is 0 Å². The minimum Gasteiger partial charge on any atom is -0.313 e. The van der Waals surface area contributed by atoms with Crippen LogP contribution in [0.4, 0.5) is 4.39 Å². The Kier molecular flexibility index (Phi) is 5.19. The van der Waals surface area contributed by atoms with E-state index in [1.165, 1.54) is 11.6 Å². The number of rotatable bonds is 4. The highest BCUT2D eigenvalue weighted by atomic mass is 79.9. The average Bonchev–Trinajstić information content (AvgIpc) is 2.39. The second kappa shape index (κ2) is 6.70. The smallest absolute Gasteiger partial charge is 0.142 e. The van der Waals surface area contributed by atoms with Crippen molar-refractivity contribution in [2.75, 3.05) is 7.05 Å². The van der Waals surface area contributed by atoms with E-state index in [1.54, 1.807) is 6.07 Å². The van der Waals surface area contributed by atoms with Crippen LogP contribution in [0.15, 0.2) is 40.9 Å². The fourth-order valence-corrected chi connectivity index (χ4v) is 3.11. The van der Waals surface area contributed by atoms with Gasteiger partial charge in [0, 0.05) is 10.5 Å². The zero-order valence-corrected chi connectivity index (χ0v) is 13.7. The van der Waals surface area contributed by atoms with E-state index in [-0.39, 0.29) is 16.9 Å². The maximum absolute atomic E-state index is 13.5. The highest BCUT2D eigenvalue weighted by Gasteiger charge is 2.14. The van der Waals surface area contributed by atoms with Crippen molar-refractivity contribution in [2.45, 2.75) is 19.4 Å². The van der Waals surface area contributed by atoms with Gasteiger partial charge in [0.15, 0.2) is 0 Å². The van der Waals surface area contributed by atoms with Gasteiger partial charge in [0.05, 0.1) is 5.02 Å². The first-order chi connectivity index (χ1) is 9.51. The van der Waals surface area contributed by atoms with Crippen LogP contribution in [0.25, 0.3) is 0 Å². The van der Waals surface area contributed by atoms with Gasteiger partial charge in [0.25, 0.3) is 0 Å². The molecule has 2 aromatic carbocycles. The molecule has 106 valence electrons. The Morgan fingerprint density at radius 1 is 1.30 bits per heavy atom. The Bertz CT molecular complexity index is 595. The summed E-state index contributed by atoms with van der Waals surface area (Å²) >= 11 is 9.54. The largest absolute Gasteiger partial charge is 0.313 e. The highest BCUT2D eigenvalue weighted by Crippen LogP contribution is 2.27. The van der Waals surface area contributed by atoms with E-state index in [0.717, 1.165) is 15.6 Å². The molecule has 1 unspecified atom stereocenters. The van der Waals surface area contributed by atoms with E-state index in [9.17, 15) is 4.39 Å². The number of aryl methyl sites for hydroxylation is 1. The molecule has 0 aliphatic carbocycles. The number of likely N-dealkylation sites (N-methyl/N-ethyl adjacent to an activating group) is 1. The Labute approximate surface area is 132 Å². The van der Waals surface area contributed by atoms with Gasteiger partial charge in [0.2, 0.25) is 0 Å². The number of hydrogen-bond acceptors (Lipinski definition) is 1. The van der Waals surface area contributed by atoms with E-state index in [2.05, 4.69) is 46.4 Å². The van der Waals surface area contributed by atoms with Crippen molar-refractivity contribution in [3.63, 3.8) is 0 Å². The molecule has 0 bridgehead atoms. The molecule has 2 aromatic rings. The molecule has 0 aliphatic rings. The Balaban J connectivity index is 2.31. The molecule has 0 aliphatic heterocycles. The Morgan fingerprint density at radius 2 is 2.05 bits per heavy atom. The summed E-state index contributed by atoms with van der Waals surface area (Å²) in [6, 6.07) is 11.3. The lowest BCUT2D eigenvalue weighted by Crippen LogP contribution is -2.19. The van der Waals surface area contributed by atoms with E-state index >= 15 is 0 Å². The van der Waals surface area contributed by atoms with Gasteiger partial charge in [-0.15, -0.1) is 0 Å². The predicted molar refractivity (Wildman–Crippen MR) is 85.8 cm³/mol. The summed E-state index contributed by atoms with van der Waals surface area (Å²) in [7, 11) is 1.90. The summed E-state index contributed by atoms with van der Waals surface area (Å²) in [5.74, 6) is -0.371. The summed E-state index contributed by atoms with van der Waals surface area (Å²) in [5, 5.41) is 3.47. The van der Waals surface area contributed by atoms with Gasteiger partial charge in [-0.05, 0) is 55.3 Å². The van der Waals surface area contributed by atoms with Crippen molar-refractivity contribution in [3.05, 3.63) is 68.4 Å². The number of halogens is 3. The first-order valence-electron chi connectivity index (χ1n) is 6.38. The lowest BCUT2D eigenvalue weighted by Gasteiger charge is -2.18. The fourth-order valence-electron chi connectivity index (χ4n) is 2.28. The third-order valence-electron chi connectivity index (χ3n) is 3.27. The second-order valence-corrected chi connectivity index (χ2v) is 6.11. The van der Waals surface area contributed by atoms with Gasteiger partial charge in [-0.3, -0.25) is 0 Å². The molecular formula is C16H16BrClFN. The van der Waals surface area contributed by atoms with Crippen LogP contribution in [-0.4, -0.2) is 7.05 Å². The van der Waals surface area contributed by atoms with Crippen molar-refractivity contribution < 1.29 is 4.39 Å². The summed E-state index contributed by atoms with van der Waals surface area (Å²) in [4.78, 5) is 0. The lowest BCUT2D eigenvalue weighted by atomic mass is 9.97. The molecule has 0 fully saturated rings. The minimum absolute atomic E-state index is 0.0884. The molecule has 0 saturated heterocycles. The van der Waals surface area contributed by atoms with Crippen molar-refractivity contribution in [3.8, 4) is 0 Å². The van der Waals surface area contributed by atoms with Crippen LogP contribution in [-0.2, 0) is 6.42 Å². The molecule has 1 N–H and O–H groups in total. The molecule has 1 atom stereocenters. The summed E-state index contributed by atoms with van der Waals surface area (Å²) in [6.07, 6.45) is 0.642. The fraction of sp³-hybridized carbons (Fsp3) is 0.250. The Hall–Kier alpha value is -0.900. The standard InChI is InChI=1S/C16H16BrClFN/c1-10-6-12(8-13(17)7-10)15(20-2)9-11-4-3-5-14(19)16(11)18/h3-8,15,20H,9H2,1-2H3. The molecule has 20 heavy (non-hydrogen) atoms. The average molecular weight is 357 g/mol. The SMILES string of the molecule is CNC(Cc1cccc(F)c1Cl)c1cc(C)cc(Br)c1. The van der Waals surface area contributed by atoms with Crippen LogP contribution >= 0.6 is 27.5 Å². The first-order valence-corrected chi connectivity index (χ1v) is 7.55. The quantitative estimate of drug-likeness (QED) is 0.808. The number of benzene rings is 2. The first kappa shape index (κ1) is 15.5.